The number of halogens is 1. The Morgan fingerprint density at radius 1 is 1.29 bits per heavy atom. The van der Waals surface area contributed by atoms with E-state index in [1.807, 2.05) is 51.1 Å². The molecule has 1 rings (SSSR count). The number of hydrogen-bond donors (Lipinski definition) is 0. The average Bonchev–Trinajstić information content (AvgIpc) is 2.26. The number of carbonyl (C=O) groups is 1. The van der Waals surface area contributed by atoms with Crippen LogP contribution in [-0.4, -0.2) is 31.6 Å². The summed E-state index contributed by atoms with van der Waals surface area (Å²) in [5, 5.41) is -0.494. The average molecular weight is 318 g/mol. The van der Waals surface area contributed by atoms with Gasteiger partial charge in [0.15, 0.2) is 0 Å². The monoisotopic (exact) mass is 318 g/mol. The molecule has 0 aliphatic rings. The summed E-state index contributed by atoms with van der Waals surface area (Å²) in [5.41, 5.74) is 0.355. The van der Waals surface area contributed by atoms with Crippen molar-refractivity contribution >= 4 is 37.6 Å². The van der Waals surface area contributed by atoms with Gasteiger partial charge in [0.25, 0.3) is 0 Å². The van der Waals surface area contributed by atoms with E-state index in [1.54, 1.807) is 0 Å². The van der Waals surface area contributed by atoms with Gasteiger partial charge >= 0.3 is 115 Å². The third-order valence-electron chi connectivity index (χ3n) is 1.92. The van der Waals surface area contributed by atoms with Crippen LogP contribution < -0.4 is 0 Å². The molecule has 1 unspecified atom stereocenters. The quantitative estimate of drug-likeness (QED) is 0.487. The Hall–Kier alpha value is -0.631. The van der Waals surface area contributed by atoms with Gasteiger partial charge in [-0.05, 0) is 0 Å². The van der Waals surface area contributed by atoms with E-state index >= 15 is 0 Å². The molecule has 0 spiro atoms. The van der Waals surface area contributed by atoms with Crippen molar-refractivity contribution in [3.8, 4) is 0 Å². The predicted molar refractivity (Wildman–Crippen MR) is 71.6 cm³/mol. The van der Waals surface area contributed by atoms with Gasteiger partial charge in [0, 0.05) is 0 Å². The van der Waals surface area contributed by atoms with Crippen molar-refractivity contribution in [2.75, 3.05) is 0 Å². The number of alkyl halides is 1. The van der Waals surface area contributed by atoms with Crippen LogP contribution in [0.1, 0.15) is 31.7 Å². The van der Waals surface area contributed by atoms with Crippen molar-refractivity contribution in [3.05, 3.63) is 35.9 Å². The number of benzene rings is 1. The van der Waals surface area contributed by atoms with Crippen molar-refractivity contribution in [3.63, 3.8) is 0 Å². The molecule has 2 nitrogen and oxygen atoms in total. The third-order valence-corrected chi connectivity index (χ3v) is 3.53. The molecule has 17 heavy (non-hydrogen) atoms. The maximum absolute atomic E-state index is 11.8. The number of hydrogen-bond acceptors (Lipinski definition) is 2. The topological polar surface area (TPSA) is 26.3 Å². The molecule has 0 saturated carbocycles. The zero-order valence-corrected chi connectivity index (χ0v) is 12.5. The number of carbonyl (C=O) groups excluding carboxylic acids is 1. The molecule has 1 aromatic rings. The molecule has 0 saturated heterocycles. The Bertz CT molecular complexity index is 409. The molecule has 0 radical (unpaired) electrons. The van der Waals surface area contributed by atoms with Gasteiger partial charge < -0.3 is 0 Å². The molecular formula is C13H15ClO2Se. The van der Waals surface area contributed by atoms with Crippen molar-refractivity contribution in [1.29, 1.82) is 0 Å². The minimum absolute atomic E-state index is 0.382. The normalized spacial score (nSPS) is 12.9. The first-order valence-electron chi connectivity index (χ1n) is 5.27. The summed E-state index contributed by atoms with van der Waals surface area (Å²) < 4.78 is 5.63. The Morgan fingerprint density at radius 2 is 1.82 bits per heavy atom. The SMILES string of the molecule is CC(C)(C)OC(=O)C(=[Se])C(Cl)c1ccccc1. The van der Waals surface area contributed by atoms with Gasteiger partial charge in [-0.3, -0.25) is 0 Å². The first kappa shape index (κ1) is 14.4. The molecule has 0 aliphatic heterocycles. The van der Waals surface area contributed by atoms with Crippen molar-refractivity contribution in [2.45, 2.75) is 31.7 Å². The molecule has 0 N–H and O–H groups in total. The number of esters is 1. The predicted octanol–water partition coefficient (Wildman–Crippen LogP) is 2.65. The maximum atomic E-state index is 11.8. The van der Waals surface area contributed by atoms with Crippen LogP contribution in [0.2, 0.25) is 0 Å². The fraction of sp³-hybridized carbons (Fsp3) is 0.385. The summed E-state index contributed by atoms with van der Waals surface area (Å²) >= 11 is 8.92. The van der Waals surface area contributed by atoms with Crippen LogP contribution in [0, 0.1) is 0 Å². The van der Waals surface area contributed by atoms with E-state index in [2.05, 4.69) is 15.6 Å². The molecule has 0 bridgehead atoms. The van der Waals surface area contributed by atoms with E-state index < -0.39 is 16.9 Å². The van der Waals surface area contributed by atoms with E-state index in [0.717, 1.165) is 5.56 Å². The molecule has 0 fully saturated rings. The van der Waals surface area contributed by atoms with E-state index in [0.29, 0.717) is 4.42 Å². The van der Waals surface area contributed by atoms with Gasteiger partial charge in [0.05, 0.1) is 0 Å². The Kier molecular flexibility index (Phi) is 4.93. The summed E-state index contributed by atoms with van der Waals surface area (Å²) in [6, 6.07) is 9.42. The molecule has 0 aromatic heterocycles. The zero-order valence-electron chi connectivity index (χ0n) is 10.1. The molecule has 0 amide bonds. The second-order valence-electron chi connectivity index (χ2n) is 4.64. The molecular weight excluding hydrogens is 303 g/mol. The standard InChI is InChI=1S/C13H15ClO2Se/c1-13(2,3)16-12(15)11(17)10(14)9-7-5-4-6-8-9/h4-8,10H,1-3H3. The summed E-state index contributed by atoms with van der Waals surface area (Å²) in [6.45, 7) is 5.47. The third kappa shape index (κ3) is 4.63. The van der Waals surface area contributed by atoms with Gasteiger partial charge in [-0.2, -0.15) is 0 Å². The van der Waals surface area contributed by atoms with Gasteiger partial charge in [-0.1, -0.05) is 0 Å². The second kappa shape index (κ2) is 5.81. The fourth-order valence-corrected chi connectivity index (χ4v) is 1.81. The zero-order chi connectivity index (χ0) is 13.1. The van der Waals surface area contributed by atoms with Gasteiger partial charge in [0.1, 0.15) is 0 Å². The van der Waals surface area contributed by atoms with Crippen LogP contribution in [0.5, 0.6) is 0 Å². The van der Waals surface area contributed by atoms with Crippen molar-refractivity contribution in [1.82, 2.24) is 0 Å². The molecule has 4 heteroatoms. The van der Waals surface area contributed by atoms with Crippen molar-refractivity contribution < 1.29 is 9.53 Å². The molecule has 1 aromatic carbocycles. The van der Waals surface area contributed by atoms with Gasteiger partial charge in [-0.15, -0.1) is 0 Å². The first-order valence-corrected chi connectivity index (χ1v) is 6.57. The second-order valence-corrected chi connectivity index (χ2v) is 6.00. The number of rotatable bonds is 3. The summed E-state index contributed by atoms with van der Waals surface area (Å²) in [7, 11) is 0. The Labute approximate surface area is 115 Å². The minimum atomic E-state index is -0.514. The number of ether oxygens (including phenoxy) is 1. The molecule has 0 aliphatic carbocycles. The van der Waals surface area contributed by atoms with Gasteiger partial charge in [-0.25, -0.2) is 0 Å². The van der Waals surface area contributed by atoms with Crippen LogP contribution in [0.15, 0.2) is 30.3 Å². The Balaban J connectivity index is 2.74. The van der Waals surface area contributed by atoms with E-state index in [4.69, 9.17) is 16.3 Å². The summed E-state index contributed by atoms with van der Waals surface area (Å²) in [6.07, 6.45) is 0. The first-order chi connectivity index (χ1) is 7.81. The van der Waals surface area contributed by atoms with Crippen LogP contribution in [-0.2, 0) is 9.53 Å². The van der Waals surface area contributed by atoms with E-state index in [1.165, 1.54) is 0 Å². The summed E-state index contributed by atoms with van der Waals surface area (Å²) in [4.78, 5) is 11.8. The Morgan fingerprint density at radius 3 is 2.29 bits per heavy atom. The van der Waals surface area contributed by atoms with Crippen LogP contribution >= 0.6 is 11.6 Å². The van der Waals surface area contributed by atoms with Gasteiger partial charge in [0.2, 0.25) is 0 Å². The molecule has 0 heterocycles. The van der Waals surface area contributed by atoms with Crippen molar-refractivity contribution in [2.24, 2.45) is 0 Å². The van der Waals surface area contributed by atoms with E-state index in [-0.39, 0.29) is 0 Å². The fourth-order valence-electron chi connectivity index (χ4n) is 1.21. The molecule has 1 atom stereocenters. The van der Waals surface area contributed by atoms with Crippen LogP contribution in [0.25, 0.3) is 0 Å². The van der Waals surface area contributed by atoms with E-state index in [9.17, 15) is 4.79 Å². The van der Waals surface area contributed by atoms with Crippen LogP contribution in [0.4, 0.5) is 0 Å². The molecule has 92 valence electrons. The summed E-state index contributed by atoms with van der Waals surface area (Å²) in [5.74, 6) is -0.402. The van der Waals surface area contributed by atoms with Crippen LogP contribution in [0.3, 0.4) is 0 Å².